The molecule has 2 aromatic rings. The van der Waals surface area contributed by atoms with E-state index in [4.69, 9.17) is 14.5 Å². The molecule has 2 N–H and O–H groups in total. The third kappa shape index (κ3) is 10.2. The van der Waals surface area contributed by atoms with Gasteiger partial charge in [0.25, 0.3) is 0 Å². The second-order valence-electron chi connectivity index (χ2n) is 13.7. The average Bonchev–Trinajstić information content (AvgIpc) is 2.98. The zero-order valence-corrected chi connectivity index (χ0v) is 30.2. The van der Waals surface area contributed by atoms with Gasteiger partial charge in [0.1, 0.15) is 17.5 Å². The lowest BCUT2D eigenvalue weighted by Gasteiger charge is -2.37. The maximum Gasteiger partial charge on any atom is 0.416 e. The Hall–Kier alpha value is -4.04. The molecule has 1 aromatic carbocycles. The van der Waals surface area contributed by atoms with Gasteiger partial charge in [0, 0.05) is 38.3 Å². The van der Waals surface area contributed by atoms with Gasteiger partial charge in [-0.05, 0) is 109 Å². The first-order valence-corrected chi connectivity index (χ1v) is 18.3. The number of benzene rings is 1. The van der Waals surface area contributed by atoms with Crippen LogP contribution in [-0.4, -0.2) is 86.0 Å². The van der Waals surface area contributed by atoms with Crippen LogP contribution in [0.3, 0.4) is 0 Å². The Balaban J connectivity index is 1.24. The number of aromatic nitrogens is 1. The maximum absolute atomic E-state index is 13.1. The number of hydrogen-bond donors (Lipinski definition) is 2. The minimum absolute atomic E-state index is 0.0127. The van der Waals surface area contributed by atoms with Crippen LogP contribution >= 0.6 is 0 Å². The molecule has 0 spiro atoms. The molecule has 13 nitrogen and oxygen atoms in total. The largest absolute Gasteiger partial charge is 0.464 e. The van der Waals surface area contributed by atoms with Gasteiger partial charge >= 0.3 is 12.1 Å². The molecule has 0 aliphatic carbocycles. The van der Waals surface area contributed by atoms with Gasteiger partial charge in [-0.3, -0.25) is 14.5 Å². The third-order valence-electron chi connectivity index (χ3n) is 8.24. The Kier molecular flexibility index (Phi) is 12.4. The normalized spacial score (nSPS) is 15.8. The number of carbonyl (C=O) groups is 4. The lowest BCUT2D eigenvalue weighted by Crippen LogP contribution is -2.59. The molecular weight excluding hydrogens is 650 g/mol. The first-order valence-electron chi connectivity index (χ1n) is 16.9. The maximum atomic E-state index is 13.1. The van der Waals surface area contributed by atoms with E-state index in [0.29, 0.717) is 31.6 Å². The Labute approximate surface area is 289 Å². The van der Waals surface area contributed by atoms with Crippen LogP contribution in [0.15, 0.2) is 35.2 Å². The van der Waals surface area contributed by atoms with Crippen LogP contribution in [0.1, 0.15) is 75.8 Å². The van der Waals surface area contributed by atoms with E-state index >= 15 is 0 Å². The minimum Gasteiger partial charge on any atom is -0.464 e. The molecule has 3 heterocycles. The number of unbranched alkanes of at least 4 members (excludes halogenated alkanes) is 1. The summed E-state index contributed by atoms with van der Waals surface area (Å²) >= 11 is 0. The summed E-state index contributed by atoms with van der Waals surface area (Å²) in [5.41, 5.74) is 2.86. The smallest absolute Gasteiger partial charge is 0.416 e. The number of hydrogen-bond acceptors (Lipinski definition) is 9. The van der Waals surface area contributed by atoms with E-state index in [-0.39, 0.29) is 43.5 Å². The van der Waals surface area contributed by atoms with Crippen molar-refractivity contribution in [2.75, 3.05) is 37.7 Å². The van der Waals surface area contributed by atoms with Crippen LogP contribution in [0.5, 0.6) is 0 Å². The van der Waals surface area contributed by atoms with Crippen molar-refractivity contribution in [3.05, 3.63) is 52.7 Å². The molecule has 0 bridgehead atoms. The molecule has 1 saturated heterocycles. The summed E-state index contributed by atoms with van der Waals surface area (Å²) in [5, 5.41) is 5.34. The van der Waals surface area contributed by atoms with Crippen molar-refractivity contribution in [1.82, 2.24) is 19.9 Å². The van der Waals surface area contributed by atoms with Crippen LogP contribution in [0.25, 0.3) is 0 Å². The van der Waals surface area contributed by atoms with Crippen LogP contribution in [-0.2, 0) is 46.7 Å². The number of rotatable bonds is 13. The fraction of sp³-hybridized carbons (Fsp3) is 0.571. The molecule has 14 heteroatoms. The highest BCUT2D eigenvalue weighted by atomic mass is 32.2. The summed E-state index contributed by atoms with van der Waals surface area (Å²) in [6.45, 7) is 11.2. The summed E-state index contributed by atoms with van der Waals surface area (Å²) < 4.78 is 38.0. The molecule has 1 fully saturated rings. The second kappa shape index (κ2) is 16.1. The zero-order valence-electron chi connectivity index (χ0n) is 29.3. The third-order valence-corrected chi connectivity index (χ3v) is 10.0. The van der Waals surface area contributed by atoms with Crippen LogP contribution < -0.4 is 15.5 Å². The van der Waals surface area contributed by atoms with Crippen LogP contribution in [0, 0.1) is 19.8 Å². The summed E-state index contributed by atoms with van der Waals surface area (Å²) in [6.07, 6.45) is 3.30. The van der Waals surface area contributed by atoms with Gasteiger partial charge in [0.2, 0.25) is 21.8 Å². The van der Waals surface area contributed by atoms with Crippen LogP contribution in [0.4, 0.5) is 10.6 Å². The average molecular weight is 700 g/mol. The van der Waals surface area contributed by atoms with Crippen molar-refractivity contribution in [2.24, 2.45) is 5.92 Å². The number of nitrogens with one attached hydrogen (secondary N) is 2. The van der Waals surface area contributed by atoms with Gasteiger partial charge in [-0.15, -0.1) is 0 Å². The van der Waals surface area contributed by atoms with Gasteiger partial charge in [-0.1, -0.05) is 12.1 Å². The summed E-state index contributed by atoms with van der Waals surface area (Å²) in [5.74, 6) is -1.47. The second-order valence-corrected chi connectivity index (χ2v) is 15.6. The number of ether oxygens (including phenoxy) is 2. The fourth-order valence-electron chi connectivity index (χ4n) is 5.77. The molecule has 0 saturated carbocycles. The van der Waals surface area contributed by atoms with Gasteiger partial charge in [0.05, 0.1) is 17.4 Å². The molecule has 1 atom stereocenters. The predicted octanol–water partition coefficient (Wildman–Crippen LogP) is 3.58. The van der Waals surface area contributed by atoms with E-state index in [9.17, 15) is 27.6 Å². The highest BCUT2D eigenvalue weighted by molar-refractivity contribution is 7.89. The van der Waals surface area contributed by atoms with Gasteiger partial charge in [-0.2, -0.15) is 4.31 Å². The Morgan fingerprint density at radius 2 is 1.73 bits per heavy atom. The topological polar surface area (TPSA) is 164 Å². The molecule has 2 aliphatic heterocycles. The summed E-state index contributed by atoms with van der Waals surface area (Å²) in [7, 11) is -3.75. The first-order chi connectivity index (χ1) is 23.1. The van der Waals surface area contributed by atoms with E-state index < -0.39 is 45.6 Å². The van der Waals surface area contributed by atoms with Crippen molar-refractivity contribution in [3.63, 3.8) is 0 Å². The number of pyridine rings is 1. The standard InChI is InChI=1S/C35H49N5O8S/c1-7-47-33(43)29(38-32(42)26-21-39(22-26)49(45,46)28-18-23(2)17-24(3)19-28)20-36-30(41)13-9-8-12-27-15-14-25-11-10-16-40(31(25)37-27)34(44)48-35(4,5)6/h14-15,17-19,26,29H,7-13,16,20-22H2,1-6H3,(H,36,41)(H,38,42). The highest BCUT2D eigenvalue weighted by Crippen LogP contribution is 2.28. The van der Waals surface area contributed by atoms with Crippen molar-refractivity contribution in [2.45, 2.75) is 96.6 Å². The van der Waals surface area contributed by atoms with Crippen molar-refractivity contribution < 1.29 is 37.1 Å². The Morgan fingerprint density at radius 1 is 1.04 bits per heavy atom. The molecular formula is C35H49N5O8S. The molecule has 1 unspecified atom stereocenters. The highest BCUT2D eigenvalue weighted by Gasteiger charge is 2.41. The number of esters is 1. The van der Waals surface area contributed by atoms with E-state index in [1.54, 1.807) is 24.0 Å². The lowest BCUT2D eigenvalue weighted by molar-refractivity contribution is -0.148. The minimum atomic E-state index is -3.75. The van der Waals surface area contributed by atoms with E-state index in [1.807, 2.05) is 52.8 Å². The molecule has 268 valence electrons. The van der Waals surface area contributed by atoms with E-state index in [1.165, 1.54) is 4.31 Å². The zero-order chi connectivity index (χ0) is 35.9. The number of fused-ring (bicyclic) bond motifs is 1. The first kappa shape index (κ1) is 37.8. The fourth-order valence-corrected chi connectivity index (χ4v) is 7.49. The number of nitrogens with zero attached hydrogens (tertiary/aromatic N) is 3. The van der Waals surface area contributed by atoms with Crippen molar-refractivity contribution in [1.29, 1.82) is 0 Å². The summed E-state index contributed by atoms with van der Waals surface area (Å²) in [4.78, 5) is 57.6. The summed E-state index contributed by atoms with van der Waals surface area (Å²) in [6, 6.07) is 7.91. The van der Waals surface area contributed by atoms with E-state index in [0.717, 1.165) is 35.2 Å². The molecule has 1 aromatic heterocycles. The molecule has 0 radical (unpaired) electrons. The molecule has 4 rings (SSSR count). The number of anilines is 1. The predicted molar refractivity (Wildman–Crippen MR) is 183 cm³/mol. The molecule has 3 amide bonds. The van der Waals surface area contributed by atoms with Crippen LogP contribution in [0.2, 0.25) is 0 Å². The number of amides is 3. The van der Waals surface area contributed by atoms with Gasteiger partial charge < -0.3 is 20.1 Å². The van der Waals surface area contributed by atoms with Crippen molar-refractivity contribution >= 4 is 39.7 Å². The quantitative estimate of drug-likeness (QED) is 0.235. The lowest BCUT2D eigenvalue weighted by atomic mass is 10.0. The Bertz CT molecular complexity index is 1630. The van der Waals surface area contributed by atoms with E-state index in [2.05, 4.69) is 10.6 Å². The Morgan fingerprint density at radius 3 is 2.39 bits per heavy atom. The number of carbonyl (C=O) groups excluding carboxylic acids is 4. The SMILES string of the molecule is CCOC(=O)C(CNC(=O)CCCCc1ccc2c(n1)N(C(=O)OC(C)(C)C)CCC2)NC(=O)C1CN(S(=O)(=O)c2cc(C)cc(C)c2)C1. The van der Waals surface area contributed by atoms with Crippen molar-refractivity contribution in [3.8, 4) is 0 Å². The monoisotopic (exact) mass is 699 g/mol. The van der Waals surface area contributed by atoms with Gasteiger partial charge in [0.15, 0.2) is 0 Å². The number of aryl methyl sites for hydroxylation is 4. The van der Waals surface area contributed by atoms with Gasteiger partial charge in [-0.25, -0.2) is 23.0 Å². The molecule has 2 aliphatic rings. The molecule has 49 heavy (non-hydrogen) atoms. The number of sulfonamides is 1.